The van der Waals surface area contributed by atoms with E-state index >= 15 is 0 Å². The topological polar surface area (TPSA) is 17.8 Å². The summed E-state index contributed by atoms with van der Waals surface area (Å²) in [5.74, 6) is 1.07. The Balaban J connectivity index is 1.27. The highest BCUT2D eigenvalue weighted by Crippen LogP contribution is 2.45. The summed E-state index contributed by atoms with van der Waals surface area (Å²) in [7, 11) is 0. The molecule has 9 aromatic rings. The molecule has 0 aliphatic rings. The van der Waals surface area contributed by atoms with Crippen LogP contribution < -0.4 is 0 Å². The average Bonchev–Trinajstić information content (AvgIpc) is 3.56. The molecule has 2 nitrogen and oxygen atoms in total. The lowest BCUT2D eigenvalue weighted by atomic mass is 9.84. The molecule has 0 bridgehead atoms. The summed E-state index contributed by atoms with van der Waals surface area (Å²) in [5.41, 5.74) is 13.1. The van der Waals surface area contributed by atoms with Crippen LogP contribution in [0, 0.1) is 0 Å². The maximum Gasteiger partial charge on any atom is 0.114 e. The molecule has 0 amide bonds. The Morgan fingerprint density at radius 1 is 0.408 bits per heavy atom. The molecule has 0 radical (unpaired) electrons. The lowest BCUT2D eigenvalue weighted by Gasteiger charge is -2.19. The van der Waals surface area contributed by atoms with E-state index in [2.05, 4.69) is 187 Å². The van der Waals surface area contributed by atoms with Crippen molar-refractivity contribution >= 4 is 32.6 Å². The number of hydrogen-bond donors (Lipinski definition) is 0. The number of hydrogen-bond acceptors (Lipinski definition) is 1. The third-order valence-corrected chi connectivity index (χ3v) is 9.75. The van der Waals surface area contributed by atoms with Gasteiger partial charge in [-0.15, -0.1) is 0 Å². The Hall–Kier alpha value is -6.25. The van der Waals surface area contributed by atoms with Crippen LogP contribution in [-0.2, 0) is 6.42 Å². The number of aromatic nitrogens is 2. The summed E-state index contributed by atoms with van der Waals surface area (Å²) in [5, 5.41) is 5.00. The lowest BCUT2D eigenvalue weighted by Crippen LogP contribution is -2.00. The van der Waals surface area contributed by atoms with Gasteiger partial charge in [0.2, 0.25) is 0 Å². The maximum absolute atomic E-state index is 4.93. The second-order valence-corrected chi connectivity index (χ2v) is 12.6. The van der Waals surface area contributed by atoms with Crippen molar-refractivity contribution in [2.24, 2.45) is 0 Å². The van der Waals surface area contributed by atoms with Crippen molar-refractivity contribution in [3.8, 4) is 50.2 Å². The third-order valence-electron chi connectivity index (χ3n) is 9.75. The van der Waals surface area contributed by atoms with Crippen molar-refractivity contribution in [2.45, 2.75) is 13.3 Å². The fraction of sp³-hybridized carbons (Fsp3) is 0.0426. The molecular weight excluding hydrogens is 593 g/mol. The van der Waals surface area contributed by atoms with E-state index in [-0.39, 0.29) is 0 Å². The minimum absolute atomic E-state index is 0.864. The summed E-state index contributed by atoms with van der Waals surface area (Å²) >= 11 is 0. The fourth-order valence-corrected chi connectivity index (χ4v) is 7.47. The van der Waals surface area contributed by atoms with E-state index in [1.807, 2.05) is 0 Å². The van der Waals surface area contributed by atoms with E-state index in [1.54, 1.807) is 0 Å². The van der Waals surface area contributed by atoms with Crippen molar-refractivity contribution in [1.29, 1.82) is 0 Å². The summed E-state index contributed by atoms with van der Waals surface area (Å²) in [6.45, 7) is 2.17. The van der Waals surface area contributed by atoms with E-state index in [4.69, 9.17) is 4.98 Å². The molecular formula is C47H34N2. The highest BCUT2D eigenvalue weighted by atomic mass is 15.1. The highest BCUT2D eigenvalue weighted by molar-refractivity contribution is 6.22. The molecule has 0 aliphatic heterocycles. The van der Waals surface area contributed by atoms with Gasteiger partial charge in [-0.3, -0.25) is 4.57 Å². The van der Waals surface area contributed by atoms with Gasteiger partial charge in [0, 0.05) is 12.1 Å². The monoisotopic (exact) mass is 626 g/mol. The van der Waals surface area contributed by atoms with Crippen LogP contribution in [0.3, 0.4) is 0 Å². The molecule has 1 heterocycles. The van der Waals surface area contributed by atoms with E-state index in [0.717, 1.165) is 29.0 Å². The maximum atomic E-state index is 4.93. The van der Waals surface area contributed by atoms with Crippen molar-refractivity contribution in [2.75, 3.05) is 0 Å². The van der Waals surface area contributed by atoms with Gasteiger partial charge in [-0.1, -0.05) is 146 Å². The van der Waals surface area contributed by atoms with Gasteiger partial charge in [0.05, 0.1) is 11.0 Å². The summed E-state index contributed by atoms with van der Waals surface area (Å²) in [6, 6.07) is 63.7. The molecule has 49 heavy (non-hydrogen) atoms. The number of fused-ring (bicyclic) bond motifs is 3. The third kappa shape index (κ3) is 5.01. The Morgan fingerprint density at radius 3 is 1.63 bits per heavy atom. The molecule has 0 atom stereocenters. The van der Waals surface area contributed by atoms with Crippen LogP contribution in [0.15, 0.2) is 176 Å². The number of imidazole rings is 1. The zero-order chi connectivity index (χ0) is 32.7. The van der Waals surface area contributed by atoms with Gasteiger partial charge < -0.3 is 0 Å². The number of rotatable bonds is 6. The van der Waals surface area contributed by atoms with E-state index < -0.39 is 0 Å². The summed E-state index contributed by atoms with van der Waals surface area (Å²) in [4.78, 5) is 4.93. The second kappa shape index (κ2) is 12.1. The van der Waals surface area contributed by atoms with Crippen molar-refractivity contribution in [3.63, 3.8) is 0 Å². The van der Waals surface area contributed by atoms with Crippen LogP contribution in [0.4, 0.5) is 0 Å². The Bertz CT molecular complexity index is 2610. The second-order valence-electron chi connectivity index (χ2n) is 12.6. The molecule has 0 N–H and O–H groups in total. The predicted octanol–water partition coefficient (Wildman–Crippen LogP) is 12.6. The normalized spacial score (nSPS) is 11.4. The molecule has 0 aliphatic carbocycles. The van der Waals surface area contributed by atoms with Crippen molar-refractivity contribution in [1.82, 2.24) is 9.55 Å². The molecule has 2 heteroatoms. The first-order valence-corrected chi connectivity index (χ1v) is 17.0. The van der Waals surface area contributed by atoms with E-state index in [0.29, 0.717) is 0 Å². The quantitative estimate of drug-likeness (QED) is 0.168. The zero-order valence-corrected chi connectivity index (χ0v) is 27.3. The van der Waals surface area contributed by atoms with Crippen LogP contribution in [-0.4, -0.2) is 9.55 Å². The Labute approximate surface area is 286 Å². The van der Waals surface area contributed by atoms with Gasteiger partial charge in [-0.25, -0.2) is 4.98 Å². The first-order chi connectivity index (χ1) is 24.3. The SMILES string of the molecule is CCc1nc2ccccc2n1-c1ccc(-c2c3ccccc3c(-c3ccccc3)c3cc(-c4cccc(-c5ccccc5)c4)ccc23)cc1. The largest absolute Gasteiger partial charge is 0.296 e. The minimum atomic E-state index is 0.864. The Kier molecular flexibility index (Phi) is 7.13. The van der Waals surface area contributed by atoms with Crippen molar-refractivity contribution in [3.05, 3.63) is 182 Å². The minimum Gasteiger partial charge on any atom is -0.296 e. The van der Waals surface area contributed by atoms with E-state index in [9.17, 15) is 0 Å². The van der Waals surface area contributed by atoms with Crippen LogP contribution in [0.5, 0.6) is 0 Å². The summed E-state index contributed by atoms with van der Waals surface area (Å²) < 4.78 is 2.30. The molecule has 8 aromatic carbocycles. The molecule has 9 rings (SSSR count). The van der Waals surface area contributed by atoms with Crippen molar-refractivity contribution < 1.29 is 0 Å². The van der Waals surface area contributed by atoms with Gasteiger partial charge in [-0.05, 0) is 102 Å². The molecule has 0 unspecified atom stereocenters. The molecule has 1 aromatic heterocycles. The first kappa shape index (κ1) is 28.9. The summed E-state index contributed by atoms with van der Waals surface area (Å²) in [6.07, 6.45) is 0.864. The molecule has 0 saturated heterocycles. The fourth-order valence-electron chi connectivity index (χ4n) is 7.47. The molecule has 0 saturated carbocycles. The zero-order valence-electron chi connectivity index (χ0n) is 27.3. The van der Waals surface area contributed by atoms with Gasteiger partial charge >= 0.3 is 0 Å². The van der Waals surface area contributed by atoms with E-state index in [1.165, 1.54) is 66.1 Å². The standard InChI is InChI=1S/C47H34N2/c1-2-45-48-43-22-11-12-23-44(43)49(45)38-27-24-34(25-28-38)46-39-20-9-10-21-40(39)47(33-16-7-4-8-17-33)42-31-37(26-29-41(42)46)36-19-13-18-35(30-36)32-14-5-3-6-15-32/h3-31H,2H2,1H3. The smallest absolute Gasteiger partial charge is 0.114 e. The number of aryl methyl sites for hydroxylation is 1. The van der Waals surface area contributed by atoms with Gasteiger partial charge in [0.1, 0.15) is 5.82 Å². The van der Waals surface area contributed by atoms with Gasteiger partial charge in [0.25, 0.3) is 0 Å². The number of benzene rings is 8. The molecule has 232 valence electrons. The van der Waals surface area contributed by atoms with Crippen LogP contribution in [0.1, 0.15) is 12.7 Å². The lowest BCUT2D eigenvalue weighted by molar-refractivity contribution is 0.908. The van der Waals surface area contributed by atoms with Gasteiger partial charge in [0.15, 0.2) is 0 Å². The highest BCUT2D eigenvalue weighted by Gasteiger charge is 2.18. The van der Waals surface area contributed by atoms with Crippen LogP contribution in [0.25, 0.3) is 82.8 Å². The average molecular weight is 627 g/mol. The predicted molar refractivity (Wildman–Crippen MR) is 207 cm³/mol. The molecule has 0 fully saturated rings. The van der Waals surface area contributed by atoms with Crippen LogP contribution >= 0.6 is 0 Å². The van der Waals surface area contributed by atoms with Gasteiger partial charge in [-0.2, -0.15) is 0 Å². The van der Waals surface area contributed by atoms with Crippen LogP contribution in [0.2, 0.25) is 0 Å². The number of para-hydroxylation sites is 2. The number of nitrogens with zero attached hydrogens (tertiary/aromatic N) is 2. The Morgan fingerprint density at radius 2 is 0.918 bits per heavy atom. The molecule has 0 spiro atoms. The first-order valence-electron chi connectivity index (χ1n) is 17.0.